The van der Waals surface area contributed by atoms with E-state index in [1.807, 2.05) is 18.5 Å². The Kier molecular flexibility index (Phi) is 3.12. The zero-order valence-electron chi connectivity index (χ0n) is 11.2. The van der Waals surface area contributed by atoms with E-state index in [-0.39, 0.29) is 11.9 Å². The average Bonchev–Trinajstić information content (AvgIpc) is 2.82. The molecule has 19 heavy (non-hydrogen) atoms. The molecule has 1 aliphatic heterocycles. The molecule has 102 valence electrons. The number of likely N-dealkylation sites (tertiary alicyclic amines) is 1. The fraction of sp³-hybridized carbons (Fsp3) is 0.467. The van der Waals surface area contributed by atoms with E-state index in [1.54, 1.807) is 6.07 Å². The molecule has 3 rings (SSSR count). The maximum atomic E-state index is 14.3. The Bertz CT molecular complexity index is 611. The van der Waals surface area contributed by atoms with Gasteiger partial charge in [0, 0.05) is 22.8 Å². The van der Waals surface area contributed by atoms with Gasteiger partial charge in [0.2, 0.25) is 0 Å². The smallest absolute Gasteiger partial charge is 0.130 e. The first-order valence-electron chi connectivity index (χ1n) is 6.60. The van der Waals surface area contributed by atoms with Crippen molar-refractivity contribution in [1.29, 1.82) is 0 Å². The van der Waals surface area contributed by atoms with Crippen LogP contribution < -0.4 is 0 Å². The van der Waals surface area contributed by atoms with Crippen LogP contribution in [0.25, 0.3) is 10.1 Å². The minimum atomic E-state index is -1.04. The summed E-state index contributed by atoms with van der Waals surface area (Å²) in [6.07, 6.45) is 1.17. The molecule has 4 heteroatoms. The maximum absolute atomic E-state index is 14.3. The summed E-state index contributed by atoms with van der Waals surface area (Å²) in [5.41, 5.74) is -0.541. The monoisotopic (exact) mass is 279 g/mol. The standard InChI is InChI=1S/C15H18FNOS/c1-10-9-15(18,6-7-17(10)2)13-12(16)4-3-11-5-8-19-14(11)13/h3-5,8,10,18H,6-7,9H2,1-2H3. The summed E-state index contributed by atoms with van der Waals surface area (Å²) >= 11 is 1.51. The van der Waals surface area contributed by atoms with Crippen molar-refractivity contribution in [2.24, 2.45) is 0 Å². The number of fused-ring (bicyclic) bond motifs is 1. The van der Waals surface area contributed by atoms with Gasteiger partial charge in [-0.1, -0.05) is 6.07 Å². The molecule has 2 nitrogen and oxygen atoms in total. The molecule has 0 amide bonds. The van der Waals surface area contributed by atoms with Crippen molar-refractivity contribution in [2.45, 2.75) is 31.4 Å². The molecule has 2 aromatic rings. The molecule has 2 unspecified atom stereocenters. The molecule has 0 radical (unpaired) electrons. The van der Waals surface area contributed by atoms with Crippen LogP contribution in [-0.4, -0.2) is 29.6 Å². The number of thiophene rings is 1. The molecule has 1 N–H and O–H groups in total. The second kappa shape index (κ2) is 4.54. The van der Waals surface area contributed by atoms with Crippen LogP contribution in [0.3, 0.4) is 0 Å². The predicted molar refractivity (Wildman–Crippen MR) is 77.0 cm³/mol. The lowest BCUT2D eigenvalue weighted by atomic mass is 9.81. The van der Waals surface area contributed by atoms with Crippen LogP contribution in [0.15, 0.2) is 23.6 Å². The zero-order valence-corrected chi connectivity index (χ0v) is 12.0. The quantitative estimate of drug-likeness (QED) is 0.865. The first kappa shape index (κ1) is 13.0. The Morgan fingerprint density at radius 3 is 2.95 bits per heavy atom. The van der Waals surface area contributed by atoms with Gasteiger partial charge in [0.25, 0.3) is 0 Å². The van der Waals surface area contributed by atoms with Gasteiger partial charge >= 0.3 is 0 Å². The van der Waals surface area contributed by atoms with Crippen LogP contribution in [0, 0.1) is 5.82 Å². The molecule has 2 atom stereocenters. The van der Waals surface area contributed by atoms with Crippen molar-refractivity contribution in [2.75, 3.05) is 13.6 Å². The largest absolute Gasteiger partial charge is 0.385 e. The van der Waals surface area contributed by atoms with Crippen LogP contribution in [0.2, 0.25) is 0 Å². The van der Waals surface area contributed by atoms with E-state index in [1.165, 1.54) is 17.4 Å². The first-order valence-corrected chi connectivity index (χ1v) is 7.48. The fourth-order valence-electron chi connectivity index (χ4n) is 3.00. The summed E-state index contributed by atoms with van der Waals surface area (Å²) in [4.78, 5) is 2.21. The van der Waals surface area contributed by atoms with Crippen LogP contribution in [0.5, 0.6) is 0 Å². The summed E-state index contributed by atoms with van der Waals surface area (Å²) in [6.45, 7) is 2.87. The number of rotatable bonds is 1. The van der Waals surface area contributed by atoms with Crippen LogP contribution >= 0.6 is 11.3 Å². The second-order valence-corrected chi connectivity index (χ2v) is 6.49. The molecule has 0 saturated carbocycles. The fourth-order valence-corrected chi connectivity index (χ4v) is 4.03. The highest BCUT2D eigenvalue weighted by molar-refractivity contribution is 7.17. The highest BCUT2D eigenvalue weighted by atomic mass is 32.1. The van der Waals surface area contributed by atoms with Crippen molar-refractivity contribution in [1.82, 2.24) is 4.90 Å². The van der Waals surface area contributed by atoms with Gasteiger partial charge in [0.1, 0.15) is 5.82 Å². The molecule has 0 spiro atoms. The third-order valence-electron chi connectivity index (χ3n) is 4.30. The topological polar surface area (TPSA) is 23.5 Å². The lowest BCUT2D eigenvalue weighted by molar-refractivity contribution is -0.0419. The van der Waals surface area contributed by atoms with E-state index in [9.17, 15) is 9.50 Å². The number of nitrogens with zero attached hydrogens (tertiary/aromatic N) is 1. The molecule has 0 aliphatic carbocycles. The van der Waals surface area contributed by atoms with Gasteiger partial charge in [-0.2, -0.15) is 0 Å². The van der Waals surface area contributed by atoms with E-state index < -0.39 is 5.60 Å². The highest BCUT2D eigenvalue weighted by Crippen LogP contribution is 2.41. The molecular weight excluding hydrogens is 261 g/mol. The Hall–Kier alpha value is -0.970. The Labute approximate surface area is 116 Å². The van der Waals surface area contributed by atoms with Crippen LogP contribution in [0.1, 0.15) is 25.3 Å². The van der Waals surface area contributed by atoms with Gasteiger partial charge in [-0.3, -0.25) is 0 Å². The Morgan fingerprint density at radius 2 is 2.21 bits per heavy atom. The number of piperidine rings is 1. The van der Waals surface area contributed by atoms with E-state index in [0.717, 1.165) is 16.6 Å². The minimum absolute atomic E-state index is 0.258. The lowest BCUT2D eigenvalue weighted by Gasteiger charge is -2.41. The Balaban J connectivity index is 2.13. The molecule has 1 aromatic carbocycles. The molecular formula is C15H18FNOS. The molecule has 2 heterocycles. The van der Waals surface area contributed by atoms with Gasteiger partial charge in [-0.15, -0.1) is 11.3 Å². The third kappa shape index (κ3) is 2.08. The molecule has 1 saturated heterocycles. The van der Waals surface area contributed by atoms with Crippen LogP contribution in [0.4, 0.5) is 4.39 Å². The van der Waals surface area contributed by atoms with Gasteiger partial charge in [-0.25, -0.2) is 4.39 Å². The summed E-state index contributed by atoms with van der Waals surface area (Å²) in [5.74, 6) is -0.283. The van der Waals surface area contributed by atoms with Gasteiger partial charge in [0.15, 0.2) is 0 Å². The van der Waals surface area contributed by atoms with Crippen LogP contribution in [-0.2, 0) is 5.60 Å². The lowest BCUT2D eigenvalue weighted by Crippen LogP contribution is -2.46. The number of halogens is 1. The first-order chi connectivity index (χ1) is 9.01. The number of benzene rings is 1. The highest BCUT2D eigenvalue weighted by Gasteiger charge is 2.39. The van der Waals surface area contributed by atoms with E-state index in [4.69, 9.17) is 0 Å². The number of hydrogen-bond donors (Lipinski definition) is 1. The van der Waals surface area contributed by atoms with E-state index >= 15 is 0 Å². The number of hydrogen-bond acceptors (Lipinski definition) is 3. The van der Waals surface area contributed by atoms with Crippen molar-refractivity contribution in [3.05, 3.63) is 35.0 Å². The number of aliphatic hydroxyl groups is 1. The normalized spacial score (nSPS) is 28.9. The van der Waals surface area contributed by atoms with E-state index in [2.05, 4.69) is 11.8 Å². The average molecular weight is 279 g/mol. The second-order valence-electron chi connectivity index (χ2n) is 5.58. The van der Waals surface area contributed by atoms with E-state index in [0.29, 0.717) is 18.4 Å². The minimum Gasteiger partial charge on any atom is -0.385 e. The summed E-state index contributed by atoms with van der Waals surface area (Å²) in [5, 5.41) is 13.9. The molecule has 1 aliphatic rings. The van der Waals surface area contributed by atoms with Crippen molar-refractivity contribution in [3.8, 4) is 0 Å². The molecule has 1 fully saturated rings. The van der Waals surface area contributed by atoms with Crippen molar-refractivity contribution in [3.63, 3.8) is 0 Å². The zero-order chi connectivity index (χ0) is 13.6. The summed E-state index contributed by atoms with van der Waals surface area (Å²) in [6, 6.07) is 5.50. The Morgan fingerprint density at radius 1 is 1.42 bits per heavy atom. The molecule has 0 bridgehead atoms. The van der Waals surface area contributed by atoms with Crippen molar-refractivity contribution >= 4 is 21.4 Å². The predicted octanol–water partition coefficient (Wildman–Crippen LogP) is 3.34. The summed E-state index contributed by atoms with van der Waals surface area (Å²) in [7, 11) is 2.05. The summed E-state index contributed by atoms with van der Waals surface area (Å²) < 4.78 is 15.2. The van der Waals surface area contributed by atoms with Gasteiger partial charge in [-0.05, 0) is 49.7 Å². The molecule has 1 aromatic heterocycles. The maximum Gasteiger partial charge on any atom is 0.130 e. The van der Waals surface area contributed by atoms with Gasteiger partial charge in [0.05, 0.1) is 5.60 Å². The SMILES string of the molecule is CC1CC(O)(c2c(F)ccc3ccsc23)CCN1C. The van der Waals surface area contributed by atoms with Crippen molar-refractivity contribution < 1.29 is 9.50 Å². The third-order valence-corrected chi connectivity index (χ3v) is 5.25. The van der Waals surface area contributed by atoms with Gasteiger partial charge < -0.3 is 10.0 Å².